The molecule has 0 bridgehead atoms. The van der Waals surface area contributed by atoms with Crippen molar-refractivity contribution in [1.82, 2.24) is 10.2 Å². The summed E-state index contributed by atoms with van der Waals surface area (Å²) in [7, 11) is -2.17. The van der Waals surface area contributed by atoms with Crippen LogP contribution in [0.4, 0.5) is 5.69 Å². The maximum absolute atomic E-state index is 13.8. The number of hydrogen-bond acceptors (Lipinski definition) is 5. The number of nitrogens with zero attached hydrogens (tertiary/aromatic N) is 2. The van der Waals surface area contributed by atoms with E-state index in [4.69, 9.17) is 4.74 Å². The molecule has 2 aromatic carbocycles. The molecule has 3 rings (SSSR count). The van der Waals surface area contributed by atoms with E-state index in [-0.39, 0.29) is 18.5 Å². The van der Waals surface area contributed by atoms with Gasteiger partial charge in [0.2, 0.25) is 21.8 Å². The molecule has 1 fully saturated rings. The largest absolute Gasteiger partial charge is 0.497 e. The highest BCUT2D eigenvalue weighted by Crippen LogP contribution is 2.22. The van der Waals surface area contributed by atoms with Gasteiger partial charge in [0.05, 0.1) is 19.1 Å². The van der Waals surface area contributed by atoms with Gasteiger partial charge < -0.3 is 15.0 Å². The second-order valence-corrected chi connectivity index (χ2v) is 11.6. The molecule has 9 heteroatoms. The van der Waals surface area contributed by atoms with Gasteiger partial charge >= 0.3 is 0 Å². The molecule has 0 heterocycles. The molecule has 0 saturated heterocycles. The lowest BCUT2D eigenvalue weighted by Gasteiger charge is -2.34. The average molecular weight is 530 g/mol. The summed E-state index contributed by atoms with van der Waals surface area (Å²) < 4.78 is 31.7. The highest BCUT2D eigenvalue weighted by molar-refractivity contribution is 7.92. The summed E-state index contributed by atoms with van der Waals surface area (Å²) in [4.78, 5) is 28.7. The molecule has 0 spiro atoms. The number of amides is 2. The van der Waals surface area contributed by atoms with Crippen molar-refractivity contribution in [2.24, 2.45) is 0 Å². The number of carbonyl (C=O) groups excluding carboxylic acids is 2. The molecule has 1 saturated carbocycles. The molecule has 0 aliphatic heterocycles. The van der Waals surface area contributed by atoms with Crippen LogP contribution in [0.5, 0.6) is 5.75 Å². The number of rotatable bonds is 11. The van der Waals surface area contributed by atoms with Crippen LogP contribution in [-0.2, 0) is 26.2 Å². The number of aryl methyl sites for hydroxylation is 1. The van der Waals surface area contributed by atoms with E-state index in [2.05, 4.69) is 5.32 Å². The van der Waals surface area contributed by atoms with Crippen LogP contribution >= 0.6 is 0 Å². The van der Waals surface area contributed by atoms with Crippen molar-refractivity contribution < 1.29 is 22.7 Å². The first-order chi connectivity index (χ1) is 17.6. The van der Waals surface area contributed by atoms with E-state index < -0.39 is 28.5 Å². The smallest absolute Gasteiger partial charge is 0.244 e. The Bertz CT molecular complexity index is 1140. The molecule has 8 nitrogen and oxygen atoms in total. The molecule has 0 radical (unpaired) electrons. The Morgan fingerprint density at radius 3 is 2.19 bits per heavy atom. The van der Waals surface area contributed by atoms with Crippen LogP contribution < -0.4 is 14.4 Å². The Hall–Kier alpha value is -3.07. The van der Waals surface area contributed by atoms with E-state index in [1.807, 2.05) is 26.0 Å². The fraction of sp³-hybridized carbons (Fsp3) is 0.500. The molecule has 1 N–H and O–H groups in total. The van der Waals surface area contributed by atoms with Crippen LogP contribution in [0.15, 0.2) is 48.5 Å². The molecular weight excluding hydrogens is 490 g/mol. The maximum Gasteiger partial charge on any atom is 0.244 e. The highest BCUT2D eigenvalue weighted by atomic mass is 32.2. The first-order valence-electron chi connectivity index (χ1n) is 12.9. The van der Waals surface area contributed by atoms with Gasteiger partial charge in [-0.2, -0.15) is 0 Å². The molecule has 1 atom stereocenters. The van der Waals surface area contributed by atoms with Crippen LogP contribution in [0.3, 0.4) is 0 Å². The van der Waals surface area contributed by atoms with Crippen LogP contribution in [0, 0.1) is 6.92 Å². The summed E-state index contributed by atoms with van der Waals surface area (Å²) in [6, 6.07) is 13.7. The van der Waals surface area contributed by atoms with Gasteiger partial charge in [-0.05, 0) is 56.0 Å². The zero-order valence-corrected chi connectivity index (χ0v) is 23.1. The molecule has 2 aromatic rings. The van der Waals surface area contributed by atoms with Gasteiger partial charge in [-0.1, -0.05) is 56.0 Å². The molecule has 37 heavy (non-hydrogen) atoms. The Morgan fingerprint density at radius 1 is 1.03 bits per heavy atom. The number of benzene rings is 2. The molecular formula is C28H39N3O5S. The van der Waals surface area contributed by atoms with Crippen LogP contribution in [0.1, 0.15) is 56.6 Å². The van der Waals surface area contributed by atoms with Gasteiger partial charge in [-0.15, -0.1) is 0 Å². The lowest BCUT2D eigenvalue weighted by atomic mass is 9.95. The van der Waals surface area contributed by atoms with Crippen molar-refractivity contribution in [3.05, 3.63) is 59.7 Å². The van der Waals surface area contributed by atoms with Crippen molar-refractivity contribution in [2.45, 2.75) is 71.0 Å². The van der Waals surface area contributed by atoms with E-state index in [9.17, 15) is 18.0 Å². The number of carbonyl (C=O) groups is 2. The van der Waals surface area contributed by atoms with Crippen LogP contribution in [-0.4, -0.2) is 57.1 Å². The highest BCUT2D eigenvalue weighted by Gasteiger charge is 2.32. The van der Waals surface area contributed by atoms with Gasteiger partial charge in [0.15, 0.2) is 0 Å². The average Bonchev–Trinajstić information content (AvgIpc) is 2.88. The maximum atomic E-state index is 13.8. The van der Waals surface area contributed by atoms with Crippen LogP contribution in [0.25, 0.3) is 0 Å². The number of methoxy groups -OCH3 is 1. The van der Waals surface area contributed by atoms with Gasteiger partial charge in [0.1, 0.15) is 18.3 Å². The summed E-state index contributed by atoms with van der Waals surface area (Å²) in [5.41, 5.74) is 2.21. The van der Waals surface area contributed by atoms with Gasteiger partial charge in [-0.25, -0.2) is 8.42 Å². The minimum Gasteiger partial charge on any atom is -0.497 e. The van der Waals surface area contributed by atoms with Gasteiger partial charge in [-0.3, -0.25) is 13.9 Å². The molecule has 2 amide bonds. The van der Waals surface area contributed by atoms with Crippen molar-refractivity contribution in [3.63, 3.8) is 0 Å². The summed E-state index contributed by atoms with van der Waals surface area (Å²) in [5.74, 6) is 0.0521. The third kappa shape index (κ3) is 7.95. The predicted molar refractivity (Wildman–Crippen MR) is 146 cm³/mol. The Morgan fingerprint density at radius 2 is 1.65 bits per heavy atom. The number of sulfonamides is 1. The number of ether oxygens (including phenoxy) is 1. The van der Waals surface area contributed by atoms with Crippen molar-refractivity contribution in [1.29, 1.82) is 0 Å². The SMILES string of the molecule is CC[C@@H](C(=O)NC1CCCCC1)N(Cc1ccc(OC)cc1)C(=O)CN(c1ccc(C)cc1)S(C)(=O)=O. The van der Waals surface area contributed by atoms with E-state index in [1.54, 1.807) is 43.5 Å². The first kappa shape index (κ1) is 28.5. The minimum atomic E-state index is -3.75. The normalized spacial score (nSPS) is 15.0. The van der Waals surface area contributed by atoms with Crippen molar-refractivity contribution >= 4 is 27.5 Å². The summed E-state index contributed by atoms with van der Waals surface area (Å²) >= 11 is 0. The topological polar surface area (TPSA) is 96.0 Å². The fourth-order valence-corrected chi connectivity index (χ4v) is 5.57. The monoisotopic (exact) mass is 529 g/mol. The molecule has 0 aromatic heterocycles. The summed E-state index contributed by atoms with van der Waals surface area (Å²) in [6.45, 7) is 3.55. The fourth-order valence-electron chi connectivity index (χ4n) is 4.72. The van der Waals surface area contributed by atoms with Crippen molar-refractivity contribution in [3.8, 4) is 5.75 Å². The van der Waals surface area contributed by atoms with E-state index in [1.165, 1.54) is 11.3 Å². The Balaban J connectivity index is 1.90. The zero-order chi connectivity index (χ0) is 27.0. The summed E-state index contributed by atoms with van der Waals surface area (Å²) in [6.07, 6.45) is 6.69. The second-order valence-electron chi connectivity index (χ2n) is 9.74. The summed E-state index contributed by atoms with van der Waals surface area (Å²) in [5, 5.41) is 3.15. The Kier molecular flexibility index (Phi) is 9.97. The van der Waals surface area contributed by atoms with Gasteiger partial charge in [0.25, 0.3) is 0 Å². The first-order valence-corrected chi connectivity index (χ1v) is 14.7. The van der Waals surface area contributed by atoms with E-state index in [0.29, 0.717) is 17.9 Å². The van der Waals surface area contributed by atoms with Gasteiger partial charge in [0, 0.05) is 12.6 Å². The third-order valence-corrected chi connectivity index (χ3v) is 7.99. The molecule has 202 valence electrons. The van der Waals surface area contributed by atoms with E-state index >= 15 is 0 Å². The van der Waals surface area contributed by atoms with Crippen LogP contribution in [0.2, 0.25) is 0 Å². The number of hydrogen-bond donors (Lipinski definition) is 1. The van der Waals surface area contributed by atoms with Crippen molar-refractivity contribution in [2.75, 3.05) is 24.2 Å². The lowest BCUT2D eigenvalue weighted by molar-refractivity contribution is -0.140. The van der Waals surface area contributed by atoms with E-state index in [0.717, 1.165) is 47.4 Å². The standard InChI is InChI=1S/C28H39N3O5S/c1-5-26(28(33)29-23-9-7-6-8-10-23)30(19-22-13-17-25(36-3)18-14-22)27(32)20-31(37(4,34)35)24-15-11-21(2)12-16-24/h11-18,23,26H,5-10,19-20H2,1-4H3,(H,29,33)/t26-/m0/s1. The molecule has 0 unspecified atom stereocenters. The predicted octanol–water partition coefficient (Wildman–Crippen LogP) is 4.03. The molecule has 1 aliphatic rings. The Labute approximate surface area is 221 Å². The number of nitrogens with one attached hydrogen (secondary N) is 1. The lowest BCUT2D eigenvalue weighted by Crippen LogP contribution is -2.53. The molecule has 1 aliphatic carbocycles. The zero-order valence-electron chi connectivity index (χ0n) is 22.3. The minimum absolute atomic E-state index is 0.105. The second kappa shape index (κ2) is 12.9. The number of anilines is 1. The quantitative estimate of drug-likeness (QED) is 0.474. The third-order valence-electron chi connectivity index (χ3n) is 6.85.